The molecule has 0 aliphatic heterocycles. The van der Waals surface area contributed by atoms with E-state index in [0.29, 0.717) is 23.0 Å². The summed E-state index contributed by atoms with van der Waals surface area (Å²) in [6.07, 6.45) is 0.719. The molecule has 1 atom stereocenters. The molecule has 7 heteroatoms. The van der Waals surface area contributed by atoms with E-state index in [1.165, 1.54) is 22.8 Å². The first kappa shape index (κ1) is 19.9. The molecule has 1 aromatic heterocycles. The summed E-state index contributed by atoms with van der Waals surface area (Å²) in [5, 5.41) is 10.6. The highest BCUT2D eigenvalue weighted by Gasteiger charge is 2.24. The van der Waals surface area contributed by atoms with E-state index in [1.54, 1.807) is 19.1 Å². The third kappa shape index (κ3) is 3.60. The lowest BCUT2D eigenvalue weighted by Crippen LogP contribution is -2.15. The number of nitrogens with zero attached hydrogens (tertiary/aromatic N) is 1. The van der Waals surface area contributed by atoms with Crippen LogP contribution in [-0.4, -0.2) is 21.5 Å². The van der Waals surface area contributed by atoms with E-state index in [1.807, 2.05) is 6.92 Å². The van der Waals surface area contributed by atoms with Crippen molar-refractivity contribution in [1.82, 2.24) is 4.57 Å². The van der Waals surface area contributed by atoms with Crippen molar-refractivity contribution in [3.63, 3.8) is 0 Å². The van der Waals surface area contributed by atoms with Crippen molar-refractivity contribution in [3.8, 4) is 5.75 Å². The monoisotopic (exact) mass is 402 g/mol. The highest BCUT2D eigenvalue weighted by molar-refractivity contribution is 6.30. The predicted molar refractivity (Wildman–Crippen MR) is 106 cm³/mol. The average molecular weight is 403 g/mol. The average Bonchev–Trinajstić information content (AvgIpc) is 2.92. The number of phenolic OH excluding ortho intramolecular Hbond substituents is 1. The minimum Gasteiger partial charge on any atom is -0.508 e. The van der Waals surface area contributed by atoms with Crippen LogP contribution in [0, 0.1) is 12.7 Å². The molecule has 0 saturated heterocycles. The van der Waals surface area contributed by atoms with Crippen molar-refractivity contribution in [1.29, 1.82) is 0 Å². The van der Waals surface area contributed by atoms with E-state index >= 15 is 0 Å². The number of halogens is 2. The summed E-state index contributed by atoms with van der Waals surface area (Å²) in [6, 6.07) is 8.64. The fourth-order valence-corrected chi connectivity index (χ4v) is 3.69. The fraction of sp³-hybridized carbons (Fsp3) is 0.238. The van der Waals surface area contributed by atoms with Crippen LogP contribution in [0.5, 0.6) is 5.75 Å². The van der Waals surface area contributed by atoms with Crippen LogP contribution in [0.1, 0.15) is 47.3 Å². The lowest BCUT2D eigenvalue weighted by atomic mass is 9.93. The molecule has 0 radical (unpaired) electrons. The largest absolute Gasteiger partial charge is 0.508 e. The predicted octanol–water partition coefficient (Wildman–Crippen LogP) is 4.51. The molecular formula is C21H20ClFN2O3. The molecule has 0 fully saturated rings. The molecule has 1 heterocycles. The number of amides is 1. The van der Waals surface area contributed by atoms with Gasteiger partial charge in [0, 0.05) is 23.1 Å². The normalized spacial score (nSPS) is 12.3. The molecule has 0 saturated carbocycles. The highest BCUT2D eigenvalue weighted by Crippen LogP contribution is 2.36. The molecule has 28 heavy (non-hydrogen) atoms. The Hall–Kier alpha value is -2.86. The first-order valence-electron chi connectivity index (χ1n) is 8.82. The maximum Gasteiger partial charge on any atom is 0.262 e. The van der Waals surface area contributed by atoms with E-state index < -0.39 is 17.6 Å². The summed E-state index contributed by atoms with van der Waals surface area (Å²) in [5.41, 5.74) is 7.52. The second-order valence-corrected chi connectivity index (χ2v) is 7.28. The molecule has 5 nitrogen and oxygen atoms in total. The summed E-state index contributed by atoms with van der Waals surface area (Å²) in [6.45, 7) is 3.73. The van der Waals surface area contributed by atoms with Gasteiger partial charge in [0.15, 0.2) is 0 Å². The number of hydrogen-bond acceptors (Lipinski definition) is 3. The van der Waals surface area contributed by atoms with Gasteiger partial charge < -0.3 is 10.8 Å². The van der Waals surface area contributed by atoms with E-state index in [9.17, 15) is 19.1 Å². The van der Waals surface area contributed by atoms with Crippen LogP contribution in [0.15, 0.2) is 36.4 Å². The Morgan fingerprint density at radius 2 is 1.96 bits per heavy atom. The second kappa shape index (κ2) is 7.64. The molecule has 0 unspecified atom stereocenters. The lowest BCUT2D eigenvalue weighted by molar-refractivity contribution is -0.118. The van der Waals surface area contributed by atoms with Gasteiger partial charge in [0.2, 0.25) is 5.91 Å². The number of hydrogen-bond donors (Lipinski definition) is 2. The van der Waals surface area contributed by atoms with Gasteiger partial charge >= 0.3 is 0 Å². The summed E-state index contributed by atoms with van der Waals surface area (Å²) in [7, 11) is 0. The van der Waals surface area contributed by atoms with Crippen LogP contribution in [0.25, 0.3) is 10.9 Å². The van der Waals surface area contributed by atoms with Crippen LogP contribution in [-0.2, 0) is 4.79 Å². The van der Waals surface area contributed by atoms with E-state index in [2.05, 4.69) is 0 Å². The number of carbonyl (C=O) groups excluding carboxylic acids is 2. The number of aromatic nitrogens is 1. The van der Waals surface area contributed by atoms with Crippen LogP contribution in [0.4, 0.5) is 4.39 Å². The molecule has 3 aromatic rings. The van der Waals surface area contributed by atoms with Gasteiger partial charge in [0.05, 0.1) is 10.5 Å². The van der Waals surface area contributed by atoms with E-state index in [-0.39, 0.29) is 28.7 Å². The number of benzene rings is 2. The molecule has 2 aromatic carbocycles. The first-order valence-corrected chi connectivity index (χ1v) is 9.20. The van der Waals surface area contributed by atoms with Gasteiger partial charge in [-0.15, -0.1) is 0 Å². The van der Waals surface area contributed by atoms with Crippen LogP contribution < -0.4 is 5.73 Å². The topological polar surface area (TPSA) is 85.3 Å². The highest BCUT2D eigenvalue weighted by atomic mass is 35.5. The Labute approximate surface area is 166 Å². The fourth-order valence-electron chi connectivity index (χ4n) is 3.58. The smallest absolute Gasteiger partial charge is 0.262 e. The van der Waals surface area contributed by atoms with Gasteiger partial charge in [-0.2, -0.15) is 0 Å². The summed E-state index contributed by atoms with van der Waals surface area (Å²) < 4.78 is 15.4. The van der Waals surface area contributed by atoms with Crippen molar-refractivity contribution in [2.45, 2.75) is 32.6 Å². The van der Waals surface area contributed by atoms with E-state index in [0.717, 1.165) is 11.6 Å². The van der Waals surface area contributed by atoms with Gasteiger partial charge in [-0.1, -0.05) is 18.5 Å². The molecule has 3 rings (SSSR count). The van der Waals surface area contributed by atoms with Gasteiger partial charge in [0.1, 0.15) is 11.6 Å². The number of fused-ring (bicyclic) bond motifs is 1. The molecule has 0 spiro atoms. The zero-order valence-corrected chi connectivity index (χ0v) is 16.3. The van der Waals surface area contributed by atoms with Crippen molar-refractivity contribution < 1.29 is 19.1 Å². The van der Waals surface area contributed by atoms with Crippen LogP contribution in [0.3, 0.4) is 0 Å². The Morgan fingerprint density at radius 1 is 1.25 bits per heavy atom. The third-order valence-corrected chi connectivity index (χ3v) is 5.23. The summed E-state index contributed by atoms with van der Waals surface area (Å²) in [5.74, 6) is -1.49. The minimum absolute atomic E-state index is 0.0590. The summed E-state index contributed by atoms with van der Waals surface area (Å²) >= 11 is 5.72. The number of rotatable bonds is 5. The standard InChI is InChI=1S/C21H20ClFN2O3/c1-11(3-8-19(24)27)20-12(2)25(18-7-5-14(26)10-15(18)20)21(28)13-4-6-16(22)17(23)9-13/h4-7,9-11,26H,3,8H2,1-2H3,(H2,24,27)/t11-/m0/s1. The van der Waals surface area contributed by atoms with Crippen molar-refractivity contribution in [2.24, 2.45) is 5.73 Å². The van der Waals surface area contributed by atoms with E-state index in [4.69, 9.17) is 17.3 Å². The molecule has 0 bridgehead atoms. The SMILES string of the molecule is Cc1c([C@@H](C)CCC(N)=O)c2cc(O)ccc2n1C(=O)c1ccc(Cl)c(F)c1. The van der Waals surface area contributed by atoms with Gasteiger partial charge in [-0.25, -0.2) is 4.39 Å². The third-order valence-electron chi connectivity index (χ3n) is 4.92. The Morgan fingerprint density at radius 3 is 2.61 bits per heavy atom. The maximum absolute atomic E-state index is 13.9. The number of phenols is 1. The molecular weight excluding hydrogens is 383 g/mol. The van der Waals surface area contributed by atoms with Gasteiger partial charge in [-0.3, -0.25) is 14.2 Å². The second-order valence-electron chi connectivity index (χ2n) is 6.88. The van der Waals surface area contributed by atoms with Crippen molar-refractivity contribution in [3.05, 3.63) is 64.1 Å². The number of primary amides is 1. The molecule has 1 amide bonds. The van der Waals surface area contributed by atoms with Crippen molar-refractivity contribution >= 4 is 34.3 Å². The summed E-state index contributed by atoms with van der Waals surface area (Å²) in [4.78, 5) is 24.3. The first-order chi connectivity index (χ1) is 13.2. The number of aromatic hydroxyl groups is 1. The number of carbonyl (C=O) groups is 2. The Bertz CT molecular complexity index is 1090. The van der Waals surface area contributed by atoms with Gasteiger partial charge in [-0.05, 0) is 61.2 Å². The quantitative estimate of drug-likeness (QED) is 0.658. The molecule has 146 valence electrons. The molecule has 0 aliphatic rings. The molecule has 3 N–H and O–H groups in total. The Kier molecular flexibility index (Phi) is 5.42. The van der Waals surface area contributed by atoms with Crippen LogP contribution in [0.2, 0.25) is 5.02 Å². The number of nitrogens with two attached hydrogens (primary N) is 1. The maximum atomic E-state index is 13.9. The minimum atomic E-state index is -0.672. The van der Waals surface area contributed by atoms with Crippen molar-refractivity contribution in [2.75, 3.05) is 0 Å². The zero-order chi connectivity index (χ0) is 20.6. The van der Waals surface area contributed by atoms with Gasteiger partial charge in [0.25, 0.3) is 5.91 Å². The Balaban J connectivity index is 2.17. The lowest BCUT2D eigenvalue weighted by Gasteiger charge is -2.12. The van der Waals surface area contributed by atoms with Crippen LogP contribution >= 0.6 is 11.6 Å². The molecule has 0 aliphatic carbocycles. The zero-order valence-electron chi connectivity index (χ0n) is 15.5.